The molecule has 1 aliphatic rings. The molecule has 0 radical (unpaired) electrons. The molecule has 0 spiro atoms. The Hall–Kier alpha value is -2.15. The van der Waals surface area contributed by atoms with Gasteiger partial charge in [-0.25, -0.2) is 0 Å². The van der Waals surface area contributed by atoms with E-state index in [0.717, 1.165) is 43.2 Å². The molecule has 0 bridgehead atoms. The Labute approximate surface area is 154 Å². The zero-order valence-corrected chi connectivity index (χ0v) is 15.1. The van der Waals surface area contributed by atoms with Crippen molar-refractivity contribution in [2.45, 2.75) is 19.6 Å². The topological polar surface area (TPSA) is 66.2 Å². The highest BCUT2D eigenvalue weighted by Crippen LogP contribution is 2.18. The Kier molecular flexibility index (Phi) is 6.44. The summed E-state index contributed by atoms with van der Waals surface area (Å²) in [6.07, 6.45) is 1.11. The molecule has 2 aromatic rings. The van der Waals surface area contributed by atoms with Gasteiger partial charge < -0.3 is 19.2 Å². The minimum Gasteiger partial charge on any atom is -0.467 e. The number of rotatable bonds is 8. The molecule has 0 aliphatic carbocycles. The quantitative estimate of drug-likeness (QED) is 0.730. The summed E-state index contributed by atoms with van der Waals surface area (Å²) in [5.74, 6) is 0.853. The Morgan fingerprint density at radius 2 is 1.92 bits per heavy atom. The van der Waals surface area contributed by atoms with Crippen LogP contribution >= 0.6 is 0 Å². The number of anilines is 1. The van der Waals surface area contributed by atoms with E-state index in [1.54, 1.807) is 13.2 Å². The van der Waals surface area contributed by atoms with Crippen molar-refractivity contribution in [3.63, 3.8) is 0 Å². The van der Waals surface area contributed by atoms with Crippen LogP contribution in [-0.2, 0) is 11.3 Å². The SMILES string of the molecule is CC(=O)c1ccc(N2CCN(C[C@H](O)COCc3ccco3)CC2)cc1. The van der Waals surface area contributed by atoms with Gasteiger partial charge in [-0.05, 0) is 43.3 Å². The molecule has 0 amide bonds. The van der Waals surface area contributed by atoms with Gasteiger partial charge in [-0.1, -0.05) is 0 Å². The van der Waals surface area contributed by atoms with Gasteiger partial charge in [0.05, 0.1) is 19.0 Å². The fourth-order valence-electron chi connectivity index (χ4n) is 3.14. The highest BCUT2D eigenvalue weighted by molar-refractivity contribution is 5.94. The van der Waals surface area contributed by atoms with E-state index in [9.17, 15) is 9.90 Å². The van der Waals surface area contributed by atoms with Gasteiger partial charge in [0, 0.05) is 44.0 Å². The number of carbonyl (C=O) groups is 1. The van der Waals surface area contributed by atoms with Crippen molar-refractivity contribution in [1.29, 1.82) is 0 Å². The van der Waals surface area contributed by atoms with Crippen LogP contribution in [0.25, 0.3) is 0 Å². The van der Waals surface area contributed by atoms with Crippen molar-refractivity contribution in [1.82, 2.24) is 4.90 Å². The van der Waals surface area contributed by atoms with Crippen molar-refractivity contribution in [3.8, 4) is 0 Å². The smallest absolute Gasteiger partial charge is 0.159 e. The lowest BCUT2D eigenvalue weighted by atomic mass is 10.1. The summed E-state index contributed by atoms with van der Waals surface area (Å²) >= 11 is 0. The number of ether oxygens (including phenoxy) is 1. The van der Waals surface area contributed by atoms with Gasteiger partial charge in [0.25, 0.3) is 0 Å². The molecule has 1 aromatic heterocycles. The zero-order valence-electron chi connectivity index (χ0n) is 15.1. The Balaban J connectivity index is 1.38. The molecule has 2 heterocycles. The molecule has 6 heteroatoms. The first-order valence-corrected chi connectivity index (χ1v) is 8.98. The molecule has 0 unspecified atom stereocenters. The number of benzene rings is 1. The first-order valence-electron chi connectivity index (χ1n) is 8.98. The Morgan fingerprint density at radius 1 is 1.19 bits per heavy atom. The van der Waals surface area contributed by atoms with Crippen LogP contribution in [-0.4, -0.2) is 61.2 Å². The maximum atomic E-state index is 11.4. The van der Waals surface area contributed by atoms with E-state index < -0.39 is 6.10 Å². The molecule has 1 fully saturated rings. The predicted octanol–water partition coefficient (Wildman–Crippen LogP) is 2.18. The van der Waals surface area contributed by atoms with E-state index in [2.05, 4.69) is 9.80 Å². The van der Waals surface area contributed by atoms with E-state index >= 15 is 0 Å². The van der Waals surface area contributed by atoms with E-state index in [0.29, 0.717) is 19.8 Å². The second kappa shape index (κ2) is 8.98. The number of furan rings is 1. The zero-order chi connectivity index (χ0) is 18.4. The van der Waals surface area contributed by atoms with E-state index in [-0.39, 0.29) is 5.78 Å². The van der Waals surface area contributed by atoms with Crippen LogP contribution in [0.2, 0.25) is 0 Å². The van der Waals surface area contributed by atoms with E-state index in [1.165, 1.54) is 0 Å². The summed E-state index contributed by atoms with van der Waals surface area (Å²) in [6.45, 7) is 6.46. The number of ketones is 1. The molecule has 1 aliphatic heterocycles. The van der Waals surface area contributed by atoms with Crippen LogP contribution in [0.15, 0.2) is 47.1 Å². The van der Waals surface area contributed by atoms with Crippen molar-refractivity contribution < 1.29 is 19.1 Å². The maximum Gasteiger partial charge on any atom is 0.159 e. The Bertz CT molecular complexity index is 676. The van der Waals surface area contributed by atoms with Crippen LogP contribution in [0, 0.1) is 0 Å². The van der Waals surface area contributed by atoms with Crippen molar-refractivity contribution in [2.75, 3.05) is 44.2 Å². The predicted molar refractivity (Wildman–Crippen MR) is 99.5 cm³/mol. The summed E-state index contributed by atoms with van der Waals surface area (Å²) in [7, 11) is 0. The van der Waals surface area contributed by atoms with Gasteiger partial charge in [-0.15, -0.1) is 0 Å². The largest absolute Gasteiger partial charge is 0.467 e. The molecule has 1 saturated heterocycles. The molecule has 3 rings (SSSR count). The van der Waals surface area contributed by atoms with Crippen LogP contribution in [0.4, 0.5) is 5.69 Å². The monoisotopic (exact) mass is 358 g/mol. The van der Waals surface area contributed by atoms with E-state index in [1.807, 2.05) is 36.4 Å². The molecule has 1 N–H and O–H groups in total. The summed E-state index contributed by atoms with van der Waals surface area (Å²) in [6, 6.07) is 11.4. The lowest BCUT2D eigenvalue weighted by molar-refractivity contribution is 0.00442. The summed E-state index contributed by atoms with van der Waals surface area (Å²) in [5, 5.41) is 10.2. The third kappa shape index (κ3) is 5.17. The van der Waals surface area contributed by atoms with Crippen LogP contribution in [0.1, 0.15) is 23.0 Å². The number of Topliss-reactive ketones (excluding diaryl/α,β-unsaturated/α-hetero) is 1. The first kappa shape index (κ1) is 18.6. The molecule has 1 atom stereocenters. The second-order valence-corrected chi connectivity index (χ2v) is 6.64. The van der Waals surface area contributed by atoms with Crippen molar-refractivity contribution in [2.24, 2.45) is 0 Å². The number of nitrogens with zero attached hydrogens (tertiary/aromatic N) is 2. The summed E-state index contributed by atoms with van der Waals surface area (Å²) < 4.78 is 10.7. The van der Waals surface area contributed by atoms with Crippen molar-refractivity contribution >= 4 is 11.5 Å². The van der Waals surface area contributed by atoms with Gasteiger partial charge >= 0.3 is 0 Å². The Morgan fingerprint density at radius 3 is 2.54 bits per heavy atom. The summed E-state index contributed by atoms with van der Waals surface area (Å²) in [4.78, 5) is 15.9. The fourth-order valence-corrected chi connectivity index (χ4v) is 3.14. The number of aliphatic hydroxyl groups is 1. The number of β-amino-alcohol motifs (C(OH)–C–C–N with tert-alkyl or cyclic N) is 1. The summed E-state index contributed by atoms with van der Waals surface area (Å²) in [5.41, 5.74) is 1.88. The number of hydrogen-bond acceptors (Lipinski definition) is 6. The van der Waals surface area contributed by atoms with Crippen LogP contribution in [0.3, 0.4) is 0 Å². The highest BCUT2D eigenvalue weighted by Gasteiger charge is 2.19. The van der Waals surface area contributed by atoms with Gasteiger partial charge in [0.15, 0.2) is 5.78 Å². The lowest BCUT2D eigenvalue weighted by Crippen LogP contribution is -2.49. The molecule has 26 heavy (non-hydrogen) atoms. The number of aliphatic hydroxyl groups excluding tert-OH is 1. The van der Waals surface area contributed by atoms with Gasteiger partial charge in [0.1, 0.15) is 12.4 Å². The first-order chi connectivity index (χ1) is 12.6. The third-order valence-corrected chi connectivity index (χ3v) is 4.61. The molecule has 0 saturated carbocycles. The number of hydrogen-bond donors (Lipinski definition) is 1. The fraction of sp³-hybridized carbons (Fsp3) is 0.450. The molecular formula is C20H26N2O4. The second-order valence-electron chi connectivity index (χ2n) is 6.64. The average Bonchev–Trinajstić information content (AvgIpc) is 3.16. The van der Waals surface area contributed by atoms with Crippen molar-refractivity contribution in [3.05, 3.63) is 54.0 Å². The maximum absolute atomic E-state index is 11.4. The minimum absolute atomic E-state index is 0.0876. The standard InChI is InChI=1S/C20H26N2O4/c1-16(23)17-4-6-18(7-5-17)22-10-8-21(9-11-22)13-19(24)14-25-15-20-3-2-12-26-20/h2-7,12,19,24H,8-11,13-15H2,1H3/t19-/m0/s1. The third-order valence-electron chi connectivity index (χ3n) is 4.61. The lowest BCUT2D eigenvalue weighted by Gasteiger charge is -2.36. The molecular weight excluding hydrogens is 332 g/mol. The molecule has 1 aromatic carbocycles. The number of piperazine rings is 1. The minimum atomic E-state index is -0.508. The van der Waals surface area contributed by atoms with E-state index in [4.69, 9.17) is 9.15 Å². The number of carbonyl (C=O) groups excluding carboxylic acids is 1. The van der Waals surface area contributed by atoms with Gasteiger partial charge in [-0.3, -0.25) is 9.69 Å². The van der Waals surface area contributed by atoms with Crippen LogP contribution in [0.5, 0.6) is 0 Å². The van der Waals surface area contributed by atoms with Gasteiger partial charge in [0.2, 0.25) is 0 Å². The molecule has 6 nitrogen and oxygen atoms in total. The highest BCUT2D eigenvalue weighted by atomic mass is 16.5. The molecule has 140 valence electrons. The van der Waals surface area contributed by atoms with Gasteiger partial charge in [-0.2, -0.15) is 0 Å². The normalized spacial score (nSPS) is 16.6. The van der Waals surface area contributed by atoms with Crippen LogP contribution < -0.4 is 4.90 Å². The average molecular weight is 358 g/mol.